The van der Waals surface area contributed by atoms with E-state index in [-0.39, 0.29) is 5.92 Å². The van der Waals surface area contributed by atoms with Crippen molar-refractivity contribution in [2.45, 2.75) is 26.7 Å². The molecule has 0 bridgehead atoms. The Hall–Kier alpha value is -1.87. The Morgan fingerprint density at radius 3 is 2.86 bits per heavy atom. The second kappa shape index (κ2) is 7.23. The molecule has 1 aromatic heterocycles. The van der Waals surface area contributed by atoms with Crippen molar-refractivity contribution in [1.82, 2.24) is 10.3 Å². The molecule has 3 rings (SSSR count). The molecule has 1 heterocycles. The lowest BCUT2D eigenvalue weighted by Gasteiger charge is -2.17. The summed E-state index contributed by atoms with van der Waals surface area (Å²) in [5, 5.41) is 4.39. The van der Waals surface area contributed by atoms with Crippen LogP contribution in [0.25, 0.3) is 16.5 Å². The van der Waals surface area contributed by atoms with E-state index in [2.05, 4.69) is 40.8 Å². The molecule has 1 aliphatic rings. The van der Waals surface area contributed by atoms with E-state index in [0.717, 1.165) is 19.1 Å². The molecule has 0 aliphatic heterocycles. The first-order valence-corrected chi connectivity index (χ1v) is 7.73. The number of aldehydes is 1. The number of benzene rings is 1. The van der Waals surface area contributed by atoms with Crippen molar-refractivity contribution in [2.75, 3.05) is 13.6 Å². The van der Waals surface area contributed by atoms with Gasteiger partial charge in [0.2, 0.25) is 0 Å². The lowest BCUT2D eigenvalue weighted by Crippen LogP contribution is -2.18. The van der Waals surface area contributed by atoms with Crippen LogP contribution < -0.4 is 5.32 Å². The summed E-state index contributed by atoms with van der Waals surface area (Å²) in [6, 6.07) is 6.34. The summed E-state index contributed by atoms with van der Waals surface area (Å²) in [5.74, 6) is -0.0456. The highest BCUT2D eigenvalue weighted by molar-refractivity contribution is 5.97. The van der Waals surface area contributed by atoms with Crippen molar-refractivity contribution in [2.24, 2.45) is 5.92 Å². The molecule has 3 heteroatoms. The van der Waals surface area contributed by atoms with E-state index in [4.69, 9.17) is 0 Å². The van der Waals surface area contributed by atoms with Gasteiger partial charge in [-0.25, -0.2) is 0 Å². The zero-order valence-electron chi connectivity index (χ0n) is 13.1. The fourth-order valence-electron chi connectivity index (χ4n) is 2.94. The zero-order chi connectivity index (χ0) is 15.2. The lowest BCUT2D eigenvalue weighted by molar-refractivity contribution is -0.109. The fourth-order valence-corrected chi connectivity index (χ4v) is 2.94. The van der Waals surface area contributed by atoms with E-state index < -0.39 is 0 Å². The number of carbonyl (C=O) groups excluding carboxylic acids is 1. The fraction of sp³-hybridized carbons (Fsp3) is 0.389. The van der Waals surface area contributed by atoms with Crippen LogP contribution in [0.15, 0.2) is 30.5 Å². The Kier molecular flexibility index (Phi) is 5.34. The van der Waals surface area contributed by atoms with E-state index in [1.165, 1.54) is 27.6 Å². The first kappa shape index (κ1) is 15.5. The minimum Gasteiger partial charge on any atom is -0.361 e. The minimum atomic E-state index is -0.0456. The number of aryl methyl sites for hydroxylation is 1. The molecule has 1 aromatic carbocycles. The normalized spacial score (nSPS) is 16.4. The highest BCUT2D eigenvalue weighted by Gasteiger charge is 2.18. The Balaban J connectivity index is 0.000000774. The van der Waals surface area contributed by atoms with Gasteiger partial charge in [0.25, 0.3) is 0 Å². The molecule has 0 amide bonds. The standard InChI is InChI=1S/C16H18N2O.C2H6/c1-17-8-11(10-19)7-12-5-6-13-9-18-15-4-2-3-14(12)16(13)15;1-2/h2-4,7,9-11,17-18H,5-6,8H2,1H3;1-2H3/b12-7+;. The van der Waals surface area contributed by atoms with Crippen LogP contribution >= 0.6 is 0 Å². The van der Waals surface area contributed by atoms with Crippen molar-refractivity contribution in [3.05, 3.63) is 41.6 Å². The van der Waals surface area contributed by atoms with E-state index in [1.807, 2.05) is 20.9 Å². The molecule has 112 valence electrons. The zero-order valence-corrected chi connectivity index (χ0v) is 13.1. The first-order valence-electron chi connectivity index (χ1n) is 7.73. The van der Waals surface area contributed by atoms with Crippen molar-refractivity contribution < 1.29 is 4.79 Å². The van der Waals surface area contributed by atoms with Gasteiger partial charge in [-0.3, -0.25) is 0 Å². The number of allylic oxidation sites excluding steroid dienone is 1. The predicted molar refractivity (Wildman–Crippen MR) is 89.4 cm³/mol. The Bertz CT molecular complexity index is 640. The van der Waals surface area contributed by atoms with Crippen LogP contribution in [0.5, 0.6) is 0 Å². The second-order valence-corrected chi connectivity index (χ2v) is 5.09. The van der Waals surface area contributed by atoms with Crippen LogP contribution in [0, 0.1) is 5.92 Å². The number of carbonyl (C=O) groups is 1. The molecule has 0 saturated carbocycles. The molecule has 2 aromatic rings. The average Bonchev–Trinajstić information content (AvgIpc) is 2.96. The molecule has 21 heavy (non-hydrogen) atoms. The van der Waals surface area contributed by atoms with Gasteiger partial charge in [0.1, 0.15) is 6.29 Å². The summed E-state index contributed by atoms with van der Waals surface area (Å²) in [4.78, 5) is 14.4. The molecule has 2 N–H and O–H groups in total. The van der Waals surface area contributed by atoms with Gasteiger partial charge in [-0.05, 0) is 42.7 Å². The van der Waals surface area contributed by atoms with E-state index in [1.54, 1.807) is 0 Å². The van der Waals surface area contributed by atoms with Crippen LogP contribution in [0.3, 0.4) is 0 Å². The molecule has 0 fully saturated rings. The summed E-state index contributed by atoms with van der Waals surface area (Å²) in [7, 11) is 1.88. The van der Waals surface area contributed by atoms with Gasteiger partial charge in [-0.2, -0.15) is 0 Å². The number of rotatable bonds is 4. The molecular weight excluding hydrogens is 260 g/mol. The van der Waals surface area contributed by atoms with Crippen molar-refractivity contribution >= 4 is 22.8 Å². The summed E-state index contributed by atoms with van der Waals surface area (Å²) in [5.41, 5.74) is 5.15. The number of hydrogen-bond acceptors (Lipinski definition) is 2. The van der Waals surface area contributed by atoms with Gasteiger partial charge in [0.05, 0.1) is 0 Å². The Morgan fingerprint density at radius 2 is 2.14 bits per heavy atom. The maximum atomic E-state index is 11.1. The third-order valence-electron chi connectivity index (χ3n) is 3.83. The summed E-state index contributed by atoms with van der Waals surface area (Å²) < 4.78 is 0. The monoisotopic (exact) mass is 284 g/mol. The largest absolute Gasteiger partial charge is 0.361 e. The number of nitrogens with one attached hydrogen (secondary N) is 2. The third kappa shape index (κ3) is 3.08. The second-order valence-electron chi connectivity index (χ2n) is 5.09. The van der Waals surface area contributed by atoms with Gasteiger partial charge in [0, 0.05) is 29.6 Å². The third-order valence-corrected chi connectivity index (χ3v) is 3.83. The Morgan fingerprint density at radius 1 is 1.33 bits per heavy atom. The maximum Gasteiger partial charge on any atom is 0.128 e. The van der Waals surface area contributed by atoms with Crippen molar-refractivity contribution in [3.8, 4) is 0 Å². The summed E-state index contributed by atoms with van der Waals surface area (Å²) in [6.07, 6.45) is 7.31. The van der Waals surface area contributed by atoms with Crippen LogP contribution in [0.4, 0.5) is 0 Å². The number of H-pyrrole nitrogens is 1. The average molecular weight is 284 g/mol. The molecule has 1 atom stereocenters. The number of aromatic nitrogens is 1. The van der Waals surface area contributed by atoms with Crippen LogP contribution in [-0.4, -0.2) is 24.9 Å². The van der Waals surface area contributed by atoms with E-state index in [9.17, 15) is 4.79 Å². The SMILES string of the molecule is CC.CNCC(C=O)/C=C1\CCc2c[nH]c3cccc1c23. The quantitative estimate of drug-likeness (QED) is 0.843. The van der Waals surface area contributed by atoms with Crippen LogP contribution in [0.1, 0.15) is 31.4 Å². The molecule has 3 nitrogen and oxygen atoms in total. The first-order chi connectivity index (χ1) is 10.3. The molecule has 1 unspecified atom stereocenters. The highest BCUT2D eigenvalue weighted by Crippen LogP contribution is 2.36. The van der Waals surface area contributed by atoms with Gasteiger partial charge >= 0.3 is 0 Å². The van der Waals surface area contributed by atoms with Crippen LogP contribution in [-0.2, 0) is 11.2 Å². The molecule has 0 spiro atoms. The topological polar surface area (TPSA) is 44.9 Å². The van der Waals surface area contributed by atoms with Gasteiger partial charge in [-0.1, -0.05) is 32.1 Å². The van der Waals surface area contributed by atoms with Gasteiger partial charge < -0.3 is 15.1 Å². The predicted octanol–water partition coefficient (Wildman–Crippen LogP) is 3.56. The van der Waals surface area contributed by atoms with E-state index >= 15 is 0 Å². The highest BCUT2D eigenvalue weighted by atomic mass is 16.1. The van der Waals surface area contributed by atoms with Crippen LogP contribution in [0.2, 0.25) is 0 Å². The maximum absolute atomic E-state index is 11.1. The lowest BCUT2D eigenvalue weighted by atomic mass is 9.87. The van der Waals surface area contributed by atoms with Gasteiger partial charge in [0.15, 0.2) is 0 Å². The molecule has 1 aliphatic carbocycles. The summed E-state index contributed by atoms with van der Waals surface area (Å²) in [6.45, 7) is 4.70. The van der Waals surface area contributed by atoms with Crippen molar-refractivity contribution in [1.29, 1.82) is 0 Å². The van der Waals surface area contributed by atoms with Crippen molar-refractivity contribution in [3.63, 3.8) is 0 Å². The smallest absolute Gasteiger partial charge is 0.128 e. The minimum absolute atomic E-state index is 0.0456. The number of hydrogen-bond donors (Lipinski definition) is 2. The van der Waals surface area contributed by atoms with Gasteiger partial charge in [-0.15, -0.1) is 0 Å². The number of aromatic amines is 1. The Labute approximate surface area is 126 Å². The summed E-state index contributed by atoms with van der Waals surface area (Å²) >= 11 is 0. The van der Waals surface area contributed by atoms with E-state index in [0.29, 0.717) is 6.54 Å². The molecular formula is C18H24N2O. The molecule has 0 radical (unpaired) electrons. The molecule has 0 saturated heterocycles.